The summed E-state index contributed by atoms with van der Waals surface area (Å²) in [4.78, 5) is 9.48. The van der Waals surface area contributed by atoms with Crippen molar-refractivity contribution in [3.63, 3.8) is 0 Å². The highest BCUT2D eigenvalue weighted by Crippen LogP contribution is 2.29. The lowest BCUT2D eigenvalue weighted by molar-refractivity contribution is -0.130. The van der Waals surface area contributed by atoms with Gasteiger partial charge < -0.3 is 10.4 Å². The minimum atomic E-state index is -3.96. The Balaban J connectivity index is 0.000000917. The standard InChI is InChI=1S/C20H33N3O.C4H10.C3H5F3/c1-13-8-7-9-16(23-19(13)12-24)18-11-21-17(15(3)22-18)10-14(2)20(4,5)6;1-3-4-2;1-2-3(4,5)6/h10-11,13,16,19,23-24H,7-9,12H2,1-6H3;3-4H2,1-2H3;2H2,1H3/b14-10+;;. The predicted molar refractivity (Wildman–Crippen MR) is 137 cm³/mol. The molecule has 0 amide bonds. The molecule has 198 valence electrons. The lowest BCUT2D eigenvalue weighted by Gasteiger charge is -2.24. The molecule has 1 aliphatic rings. The summed E-state index contributed by atoms with van der Waals surface area (Å²) in [5.41, 5.74) is 4.35. The molecule has 1 aliphatic heterocycles. The molecule has 7 heteroatoms. The van der Waals surface area contributed by atoms with Gasteiger partial charge in [-0.05, 0) is 44.1 Å². The molecule has 1 aromatic rings. The van der Waals surface area contributed by atoms with Crippen molar-refractivity contribution in [2.24, 2.45) is 11.3 Å². The number of aliphatic hydroxyl groups excluding tert-OH is 1. The first-order valence-electron chi connectivity index (χ1n) is 12.7. The molecule has 2 rings (SSSR count). The van der Waals surface area contributed by atoms with Crippen molar-refractivity contribution >= 4 is 6.08 Å². The van der Waals surface area contributed by atoms with Crippen molar-refractivity contribution in [1.29, 1.82) is 0 Å². The summed E-state index contributed by atoms with van der Waals surface area (Å²) in [7, 11) is 0. The van der Waals surface area contributed by atoms with E-state index in [9.17, 15) is 18.3 Å². The van der Waals surface area contributed by atoms with Crippen molar-refractivity contribution < 1.29 is 18.3 Å². The van der Waals surface area contributed by atoms with Crippen LogP contribution in [0.15, 0.2) is 11.8 Å². The lowest BCUT2D eigenvalue weighted by Crippen LogP contribution is -2.39. The second-order valence-electron chi connectivity index (χ2n) is 10.2. The van der Waals surface area contributed by atoms with Crippen molar-refractivity contribution in [2.45, 2.75) is 119 Å². The van der Waals surface area contributed by atoms with Crippen molar-refractivity contribution in [2.75, 3.05) is 6.61 Å². The van der Waals surface area contributed by atoms with Gasteiger partial charge in [0.1, 0.15) is 0 Å². The van der Waals surface area contributed by atoms with E-state index < -0.39 is 12.6 Å². The van der Waals surface area contributed by atoms with Crippen LogP contribution in [0.5, 0.6) is 0 Å². The lowest BCUT2D eigenvalue weighted by atomic mass is 9.87. The third-order valence-corrected chi connectivity index (χ3v) is 6.25. The number of rotatable bonds is 4. The molecule has 34 heavy (non-hydrogen) atoms. The summed E-state index contributed by atoms with van der Waals surface area (Å²) in [6, 6.07) is 0.322. The summed E-state index contributed by atoms with van der Waals surface area (Å²) >= 11 is 0. The fraction of sp³-hybridized carbons (Fsp3) is 0.778. The maximum Gasteiger partial charge on any atom is 0.388 e. The highest BCUT2D eigenvalue weighted by molar-refractivity contribution is 5.51. The van der Waals surface area contributed by atoms with Gasteiger partial charge in [0, 0.05) is 12.5 Å². The van der Waals surface area contributed by atoms with Crippen LogP contribution in [0.1, 0.15) is 117 Å². The fourth-order valence-corrected chi connectivity index (χ4v) is 3.06. The molecule has 0 aromatic carbocycles. The largest absolute Gasteiger partial charge is 0.395 e. The molecule has 0 radical (unpaired) electrons. The number of alkyl halides is 3. The Labute approximate surface area is 205 Å². The fourth-order valence-electron chi connectivity index (χ4n) is 3.06. The quantitative estimate of drug-likeness (QED) is 0.455. The van der Waals surface area contributed by atoms with Crippen molar-refractivity contribution in [3.8, 4) is 0 Å². The Morgan fingerprint density at radius 3 is 2.12 bits per heavy atom. The molecule has 3 atom stereocenters. The molecule has 4 nitrogen and oxygen atoms in total. The minimum Gasteiger partial charge on any atom is -0.395 e. The van der Waals surface area contributed by atoms with Crippen LogP contribution in [0.3, 0.4) is 0 Å². The van der Waals surface area contributed by atoms with E-state index >= 15 is 0 Å². The highest BCUT2D eigenvalue weighted by atomic mass is 19.4. The highest BCUT2D eigenvalue weighted by Gasteiger charge is 2.26. The first kappa shape index (κ1) is 32.5. The summed E-state index contributed by atoms with van der Waals surface area (Å²) in [5, 5.41) is 13.2. The SMILES string of the molecule is C/C(=C\c1ncc(C2CCCC(C)C(CO)N2)nc1C)C(C)(C)C.CCC(F)(F)F.CCCC. The van der Waals surface area contributed by atoms with E-state index in [4.69, 9.17) is 4.98 Å². The Hall–Kier alpha value is -1.47. The number of aromatic nitrogens is 2. The number of allylic oxidation sites excluding steroid dienone is 1. The van der Waals surface area contributed by atoms with E-state index in [1.807, 2.05) is 13.1 Å². The van der Waals surface area contributed by atoms with Gasteiger partial charge in [0.15, 0.2) is 0 Å². The van der Waals surface area contributed by atoms with Gasteiger partial charge >= 0.3 is 6.18 Å². The molecule has 1 fully saturated rings. The molecular weight excluding hydrogens is 439 g/mol. The Morgan fingerprint density at radius 1 is 1.15 bits per heavy atom. The molecule has 0 bridgehead atoms. The zero-order valence-corrected chi connectivity index (χ0v) is 22.8. The van der Waals surface area contributed by atoms with Crippen LogP contribution in [-0.2, 0) is 0 Å². The molecule has 0 saturated carbocycles. The van der Waals surface area contributed by atoms with E-state index in [-0.39, 0.29) is 24.1 Å². The van der Waals surface area contributed by atoms with Gasteiger partial charge in [-0.25, -0.2) is 0 Å². The van der Waals surface area contributed by atoms with Gasteiger partial charge in [0.2, 0.25) is 0 Å². The monoisotopic (exact) mass is 487 g/mol. The van der Waals surface area contributed by atoms with E-state index in [0.29, 0.717) is 5.92 Å². The molecule has 0 spiro atoms. The van der Waals surface area contributed by atoms with Crippen LogP contribution < -0.4 is 5.32 Å². The van der Waals surface area contributed by atoms with Crippen LogP contribution in [0.25, 0.3) is 6.08 Å². The molecular formula is C27H48F3N3O. The number of nitrogens with zero attached hydrogens (tertiary/aromatic N) is 2. The van der Waals surface area contributed by atoms with E-state index in [2.05, 4.69) is 64.8 Å². The Bertz CT molecular complexity index is 725. The zero-order valence-electron chi connectivity index (χ0n) is 22.8. The van der Waals surface area contributed by atoms with Gasteiger partial charge in [-0.3, -0.25) is 9.97 Å². The van der Waals surface area contributed by atoms with Gasteiger partial charge in [0.25, 0.3) is 0 Å². The predicted octanol–water partition coefficient (Wildman–Crippen LogP) is 7.81. The smallest absolute Gasteiger partial charge is 0.388 e. The summed E-state index contributed by atoms with van der Waals surface area (Å²) < 4.78 is 32.4. The zero-order chi connectivity index (χ0) is 26.5. The van der Waals surface area contributed by atoms with Crippen LogP contribution in [0, 0.1) is 18.3 Å². The van der Waals surface area contributed by atoms with E-state index in [1.165, 1.54) is 18.4 Å². The van der Waals surface area contributed by atoms with Gasteiger partial charge in [-0.1, -0.05) is 73.3 Å². The van der Waals surface area contributed by atoms with Crippen molar-refractivity contribution in [1.82, 2.24) is 15.3 Å². The molecule has 1 saturated heterocycles. The number of unbranched alkanes of at least 4 members (excludes halogenated alkanes) is 1. The third-order valence-electron chi connectivity index (χ3n) is 6.25. The molecule has 3 unspecified atom stereocenters. The Kier molecular flexibility index (Phi) is 14.8. The number of nitrogens with one attached hydrogen (secondary N) is 1. The summed E-state index contributed by atoms with van der Waals surface area (Å²) in [6.07, 6.45) is 5.34. The summed E-state index contributed by atoms with van der Waals surface area (Å²) in [5.74, 6) is 0.491. The third kappa shape index (κ3) is 12.8. The first-order chi connectivity index (χ1) is 15.7. The average Bonchev–Trinajstić information content (AvgIpc) is 2.95. The average molecular weight is 488 g/mol. The number of hydrogen-bond donors (Lipinski definition) is 2. The molecule has 1 aromatic heterocycles. The van der Waals surface area contributed by atoms with Crippen LogP contribution in [0.2, 0.25) is 0 Å². The van der Waals surface area contributed by atoms with Gasteiger partial charge in [-0.15, -0.1) is 0 Å². The second-order valence-corrected chi connectivity index (χ2v) is 10.2. The maximum absolute atomic E-state index is 10.8. The second kappa shape index (κ2) is 15.5. The normalized spacial score (nSPS) is 21.6. The molecule has 2 N–H and O–H groups in total. The van der Waals surface area contributed by atoms with Crippen molar-refractivity contribution in [3.05, 3.63) is 28.9 Å². The van der Waals surface area contributed by atoms with Gasteiger partial charge in [0.05, 0.1) is 35.9 Å². The number of aliphatic hydroxyl groups is 1. The van der Waals surface area contributed by atoms with Gasteiger partial charge in [-0.2, -0.15) is 13.2 Å². The number of hydrogen-bond acceptors (Lipinski definition) is 4. The first-order valence-corrected chi connectivity index (χ1v) is 12.7. The van der Waals surface area contributed by atoms with E-state index in [0.717, 1.165) is 43.3 Å². The topological polar surface area (TPSA) is 58.0 Å². The maximum atomic E-state index is 10.8. The van der Waals surface area contributed by atoms with E-state index in [1.54, 1.807) is 0 Å². The molecule has 2 heterocycles. The summed E-state index contributed by atoms with van der Waals surface area (Å²) in [6.45, 7) is 18.6. The van der Waals surface area contributed by atoms with Crippen LogP contribution in [-0.4, -0.2) is 33.9 Å². The van der Waals surface area contributed by atoms with Crippen LogP contribution in [0.4, 0.5) is 13.2 Å². The minimum absolute atomic E-state index is 0.139. The number of halogens is 3. The Morgan fingerprint density at radius 2 is 1.71 bits per heavy atom. The number of aryl methyl sites for hydroxylation is 1. The molecule has 0 aliphatic carbocycles. The van der Waals surface area contributed by atoms with Crippen LogP contribution >= 0.6 is 0 Å².